The van der Waals surface area contributed by atoms with E-state index in [1.807, 2.05) is 24.3 Å². The molecule has 1 aliphatic carbocycles. The number of rotatable bonds is 4. The van der Waals surface area contributed by atoms with Gasteiger partial charge >= 0.3 is 0 Å². The van der Waals surface area contributed by atoms with E-state index in [9.17, 15) is 4.79 Å². The van der Waals surface area contributed by atoms with Crippen molar-refractivity contribution in [1.82, 2.24) is 15.5 Å². The van der Waals surface area contributed by atoms with Crippen LogP contribution in [0.5, 0.6) is 0 Å². The molecule has 19 heavy (non-hydrogen) atoms. The van der Waals surface area contributed by atoms with Gasteiger partial charge in [0.2, 0.25) is 0 Å². The lowest BCUT2D eigenvalue weighted by Gasteiger charge is -2.14. The van der Waals surface area contributed by atoms with Crippen LogP contribution >= 0.6 is 12.4 Å². The first kappa shape index (κ1) is 13.8. The zero-order valence-corrected chi connectivity index (χ0v) is 11.2. The van der Waals surface area contributed by atoms with Gasteiger partial charge in [0, 0.05) is 18.0 Å². The number of para-hydroxylation sites is 1. The molecule has 1 aromatic carbocycles. The highest BCUT2D eigenvalue weighted by Crippen LogP contribution is 2.32. The molecular weight excluding hydrogens is 264 g/mol. The summed E-state index contributed by atoms with van der Waals surface area (Å²) < 4.78 is 0. The van der Waals surface area contributed by atoms with E-state index in [1.165, 1.54) is 0 Å². The molecule has 1 saturated carbocycles. The molecule has 1 amide bonds. The van der Waals surface area contributed by atoms with Gasteiger partial charge in [-0.05, 0) is 24.8 Å². The first-order chi connectivity index (χ1) is 8.79. The minimum absolute atomic E-state index is 0. The summed E-state index contributed by atoms with van der Waals surface area (Å²) in [6.07, 6.45) is 2.31. The van der Waals surface area contributed by atoms with Gasteiger partial charge in [-0.1, -0.05) is 18.2 Å². The minimum Gasteiger partial charge on any atom is -0.346 e. The number of carbonyl (C=O) groups excluding carboxylic acids is 1. The van der Waals surface area contributed by atoms with Crippen LogP contribution in [0.4, 0.5) is 0 Å². The Balaban J connectivity index is 0.00000133. The van der Waals surface area contributed by atoms with Crippen LogP contribution in [0.2, 0.25) is 0 Å². The molecule has 4 N–H and O–H groups in total. The van der Waals surface area contributed by atoms with E-state index >= 15 is 0 Å². The van der Waals surface area contributed by atoms with Gasteiger partial charge in [0.1, 0.15) is 0 Å². The summed E-state index contributed by atoms with van der Waals surface area (Å²) in [4.78, 5) is 12.2. The summed E-state index contributed by atoms with van der Waals surface area (Å²) in [5.74, 6) is 0.402. The van der Waals surface area contributed by atoms with Gasteiger partial charge < -0.3 is 11.1 Å². The lowest BCUT2D eigenvalue weighted by Crippen LogP contribution is -2.41. The summed E-state index contributed by atoms with van der Waals surface area (Å²) in [6.45, 7) is 0.485. The standard InChI is InChI=1S/C13H16N4O.ClH/c14-7-11(8-5-6-8)15-13(18)12-9-3-1-2-4-10(9)16-17-12;/h1-4,8,11H,5-7,14H2,(H,15,18)(H,16,17);1H. The first-order valence-electron chi connectivity index (χ1n) is 6.23. The zero-order valence-electron chi connectivity index (χ0n) is 10.4. The number of aromatic amines is 1. The van der Waals surface area contributed by atoms with Gasteiger partial charge in [0.25, 0.3) is 5.91 Å². The third-order valence-electron chi connectivity index (χ3n) is 3.45. The summed E-state index contributed by atoms with van der Waals surface area (Å²) in [5.41, 5.74) is 7.01. The monoisotopic (exact) mass is 280 g/mol. The van der Waals surface area contributed by atoms with Gasteiger partial charge in [-0.3, -0.25) is 9.89 Å². The molecule has 0 aliphatic heterocycles. The fourth-order valence-electron chi connectivity index (χ4n) is 2.24. The molecule has 0 bridgehead atoms. The number of nitrogens with two attached hydrogens (primary N) is 1. The van der Waals surface area contributed by atoms with E-state index < -0.39 is 0 Å². The van der Waals surface area contributed by atoms with Gasteiger partial charge in [-0.2, -0.15) is 5.10 Å². The number of halogens is 1. The second-order valence-electron chi connectivity index (χ2n) is 4.77. The largest absolute Gasteiger partial charge is 0.346 e. The third kappa shape index (κ3) is 2.72. The summed E-state index contributed by atoms with van der Waals surface area (Å²) in [5, 5.41) is 10.8. The van der Waals surface area contributed by atoms with Crippen LogP contribution < -0.4 is 11.1 Å². The molecule has 102 valence electrons. The highest BCUT2D eigenvalue weighted by molar-refractivity contribution is 6.04. The number of hydrogen-bond acceptors (Lipinski definition) is 3. The van der Waals surface area contributed by atoms with Crippen molar-refractivity contribution in [2.24, 2.45) is 11.7 Å². The number of carbonyl (C=O) groups is 1. The van der Waals surface area contributed by atoms with Crippen molar-refractivity contribution in [3.63, 3.8) is 0 Å². The zero-order chi connectivity index (χ0) is 12.5. The van der Waals surface area contributed by atoms with Crippen molar-refractivity contribution in [2.45, 2.75) is 18.9 Å². The molecule has 1 fully saturated rings. The molecule has 0 radical (unpaired) electrons. The molecule has 0 saturated heterocycles. The Morgan fingerprint density at radius 3 is 2.89 bits per heavy atom. The Morgan fingerprint density at radius 2 is 2.21 bits per heavy atom. The molecule has 1 unspecified atom stereocenters. The maximum atomic E-state index is 12.2. The lowest BCUT2D eigenvalue weighted by molar-refractivity contribution is 0.0930. The summed E-state index contributed by atoms with van der Waals surface area (Å²) in [6, 6.07) is 7.68. The fourth-order valence-corrected chi connectivity index (χ4v) is 2.24. The Labute approximate surface area is 117 Å². The van der Waals surface area contributed by atoms with Crippen LogP contribution in [-0.2, 0) is 0 Å². The SMILES string of the molecule is Cl.NCC(NC(=O)c1n[nH]c2ccccc12)C1CC1. The third-order valence-corrected chi connectivity index (χ3v) is 3.45. The maximum Gasteiger partial charge on any atom is 0.272 e. The molecule has 1 heterocycles. The molecule has 5 nitrogen and oxygen atoms in total. The normalized spacial score (nSPS) is 15.8. The van der Waals surface area contributed by atoms with Crippen molar-refractivity contribution < 1.29 is 4.79 Å². The number of hydrogen-bond donors (Lipinski definition) is 3. The van der Waals surface area contributed by atoms with Crippen LogP contribution in [0.15, 0.2) is 24.3 Å². The second kappa shape index (κ2) is 5.59. The highest BCUT2D eigenvalue weighted by atomic mass is 35.5. The highest BCUT2D eigenvalue weighted by Gasteiger charge is 2.32. The number of fused-ring (bicyclic) bond motifs is 1. The molecule has 0 spiro atoms. The Hall–Kier alpha value is -1.59. The predicted octanol–water partition coefficient (Wildman–Crippen LogP) is 1.45. The number of amides is 1. The molecule has 1 aromatic heterocycles. The number of nitrogens with zero attached hydrogens (tertiary/aromatic N) is 1. The molecular formula is C13H17ClN4O. The van der Waals surface area contributed by atoms with Crippen molar-refractivity contribution in [1.29, 1.82) is 0 Å². The number of benzene rings is 1. The van der Waals surface area contributed by atoms with Crippen molar-refractivity contribution >= 4 is 29.2 Å². The summed E-state index contributed by atoms with van der Waals surface area (Å²) in [7, 11) is 0. The fraction of sp³-hybridized carbons (Fsp3) is 0.385. The van der Waals surface area contributed by atoms with E-state index in [2.05, 4.69) is 15.5 Å². The maximum absolute atomic E-state index is 12.2. The van der Waals surface area contributed by atoms with Crippen LogP contribution in [0.1, 0.15) is 23.3 Å². The van der Waals surface area contributed by atoms with Gasteiger partial charge in [-0.25, -0.2) is 0 Å². The molecule has 2 aromatic rings. The molecule has 3 rings (SSSR count). The molecule has 1 atom stereocenters. The molecule has 1 aliphatic rings. The quantitative estimate of drug-likeness (QED) is 0.793. The Morgan fingerprint density at radius 1 is 1.47 bits per heavy atom. The average Bonchev–Trinajstić information content (AvgIpc) is 3.14. The Bertz CT molecular complexity index is 579. The minimum atomic E-state index is -0.144. The van der Waals surface area contributed by atoms with E-state index in [4.69, 9.17) is 5.73 Å². The molecule has 6 heteroatoms. The van der Waals surface area contributed by atoms with Gasteiger partial charge in [0.15, 0.2) is 5.69 Å². The van der Waals surface area contributed by atoms with Crippen LogP contribution in [0, 0.1) is 5.92 Å². The van der Waals surface area contributed by atoms with Gasteiger partial charge in [-0.15, -0.1) is 12.4 Å². The van der Waals surface area contributed by atoms with E-state index in [0.717, 1.165) is 23.7 Å². The van der Waals surface area contributed by atoms with E-state index in [1.54, 1.807) is 0 Å². The first-order valence-corrected chi connectivity index (χ1v) is 6.23. The smallest absolute Gasteiger partial charge is 0.272 e. The number of aromatic nitrogens is 2. The Kier molecular flexibility index (Phi) is 4.07. The van der Waals surface area contributed by atoms with Crippen LogP contribution in [-0.4, -0.2) is 28.7 Å². The van der Waals surface area contributed by atoms with E-state index in [-0.39, 0.29) is 24.4 Å². The van der Waals surface area contributed by atoms with Crippen LogP contribution in [0.25, 0.3) is 10.9 Å². The number of H-pyrrole nitrogens is 1. The topological polar surface area (TPSA) is 83.8 Å². The van der Waals surface area contributed by atoms with E-state index in [0.29, 0.717) is 18.2 Å². The van der Waals surface area contributed by atoms with Crippen molar-refractivity contribution in [3.8, 4) is 0 Å². The predicted molar refractivity (Wildman–Crippen MR) is 76.4 cm³/mol. The van der Waals surface area contributed by atoms with Crippen molar-refractivity contribution in [3.05, 3.63) is 30.0 Å². The lowest BCUT2D eigenvalue weighted by atomic mass is 10.1. The van der Waals surface area contributed by atoms with Crippen LogP contribution in [0.3, 0.4) is 0 Å². The average molecular weight is 281 g/mol. The number of nitrogens with one attached hydrogen (secondary N) is 2. The van der Waals surface area contributed by atoms with Crippen molar-refractivity contribution in [2.75, 3.05) is 6.54 Å². The second-order valence-corrected chi connectivity index (χ2v) is 4.77. The summed E-state index contributed by atoms with van der Waals surface area (Å²) >= 11 is 0. The van der Waals surface area contributed by atoms with Gasteiger partial charge in [0.05, 0.1) is 5.52 Å².